The summed E-state index contributed by atoms with van der Waals surface area (Å²) in [5.41, 5.74) is 1.22. The topological polar surface area (TPSA) is 60.8 Å². The van der Waals surface area contributed by atoms with Crippen LogP contribution in [-0.2, 0) is 5.41 Å². The molecule has 1 saturated heterocycles. The standard InChI is InChI=1S/C21H33NO3/c1-20(2,3)18-9-7-17(8-10-18)19(24)6-4-13-22-14-5-11-21(25,16-23)12-15-22/h7-10,23,25H,4-6,11-16H2,1-3H3. The van der Waals surface area contributed by atoms with Gasteiger partial charge in [0.05, 0.1) is 12.2 Å². The fraction of sp³-hybridized carbons (Fsp3) is 0.667. The van der Waals surface area contributed by atoms with Crippen molar-refractivity contribution in [2.45, 2.75) is 63.9 Å². The van der Waals surface area contributed by atoms with Gasteiger partial charge in [0.25, 0.3) is 0 Å². The minimum atomic E-state index is -0.917. The first-order chi connectivity index (χ1) is 11.7. The molecule has 4 heteroatoms. The maximum absolute atomic E-state index is 12.4. The van der Waals surface area contributed by atoms with Gasteiger partial charge in [-0.2, -0.15) is 0 Å². The molecular formula is C21H33NO3. The molecule has 1 aliphatic heterocycles. The molecule has 0 aliphatic carbocycles. The summed E-state index contributed by atoms with van der Waals surface area (Å²) in [4.78, 5) is 14.7. The van der Waals surface area contributed by atoms with Crippen molar-refractivity contribution in [1.29, 1.82) is 0 Å². The zero-order valence-electron chi connectivity index (χ0n) is 15.9. The van der Waals surface area contributed by atoms with Gasteiger partial charge < -0.3 is 15.1 Å². The number of carbonyl (C=O) groups excluding carboxylic acids is 1. The Kier molecular flexibility index (Phi) is 6.78. The Morgan fingerprint density at radius 3 is 2.44 bits per heavy atom. The molecule has 1 atom stereocenters. The first-order valence-corrected chi connectivity index (χ1v) is 9.43. The molecular weight excluding hydrogens is 314 g/mol. The third kappa shape index (κ3) is 5.91. The molecule has 140 valence electrons. The fourth-order valence-electron chi connectivity index (χ4n) is 3.38. The number of hydrogen-bond donors (Lipinski definition) is 2. The Bertz CT molecular complexity index is 561. The summed E-state index contributed by atoms with van der Waals surface area (Å²) in [5.74, 6) is 0.196. The van der Waals surface area contributed by atoms with Gasteiger partial charge in [-0.25, -0.2) is 0 Å². The summed E-state index contributed by atoms with van der Waals surface area (Å²) >= 11 is 0. The number of benzene rings is 1. The van der Waals surface area contributed by atoms with E-state index in [2.05, 4.69) is 37.8 Å². The molecule has 1 heterocycles. The summed E-state index contributed by atoms with van der Waals surface area (Å²) in [7, 11) is 0. The smallest absolute Gasteiger partial charge is 0.162 e. The van der Waals surface area contributed by atoms with Gasteiger partial charge in [-0.05, 0) is 49.8 Å². The summed E-state index contributed by atoms with van der Waals surface area (Å²) in [6, 6.07) is 7.99. The van der Waals surface area contributed by atoms with Gasteiger partial charge in [0, 0.05) is 18.5 Å². The third-order valence-electron chi connectivity index (χ3n) is 5.26. The van der Waals surface area contributed by atoms with Crippen molar-refractivity contribution < 1.29 is 15.0 Å². The average Bonchev–Trinajstić information content (AvgIpc) is 2.77. The molecule has 1 aliphatic rings. The van der Waals surface area contributed by atoms with Gasteiger partial charge >= 0.3 is 0 Å². The zero-order chi connectivity index (χ0) is 18.5. The lowest BCUT2D eigenvalue weighted by Crippen LogP contribution is -2.35. The lowest BCUT2D eigenvalue weighted by molar-refractivity contribution is -0.0254. The van der Waals surface area contributed by atoms with Crippen LogP contribution in [0.1, 0.15) is 68.8 Å². The predicted octanol–water partition coefficient (Wildman–Crippen LogP) is 3.16. The van der Waals surface area contributed by atoms with Gasteiger partial charge in [0.2, 0.25) is 0 Å². The zero-order valence-corrected chi connectivity index (χ0v) is 15.9. The second kappa shape index (κ2) is 8.43. The summed E-state index contributed by atoms with van der Waals surface area (Å²) in [5, 5.41) is 19.5. The van der Waals surface area contributed by atoms with Crippen molar-refractivity contribution in [3.05, 3.63) is 35.4 Å². The Morgan fingerprint density at radius 2 is 1.84 bits per heavy atom. The van der Waals surface area contributed by atoms with Crippen LogP contribution in [0, 0.1) is 0 Å². The van der Waals surface area contributed by atoms with E-state index in [0.717, 1.165) is 38.0 Å². The van der Waals surface area contributed by atoms with E-state index in [0.29, 0.717) is 19.3 Å². The molecule has 0 saturated carbocycles. The molecule has 1 unspecified atom stereocenters. The first-order valence-electron chi connectivity index (χ1n) is 9.43. The highest BCUT2D eigenvalue weighted by Gasteiger charge is 2.29. The number of aliphatic hydroxyl groups is 2. The van der Waals surface area contributed by atoms with E-state index in [9.17, 15) is 15.0 Å². The van der Waals surface area contributed by atoms with Crippen molar-refractivity contribution >= 4 is 5.78 Å². The highest BCUT2D eigenvalue weighted by atomic mass is 16.3. The van der Waals surface area contributed by atoms with Crippen LogP contribution in [0.3, 0.4) is 0 Å². The molecule has 2 rings (SSSR count). The van der Waals surface area contributed by atoms with Gasteiger partial charge in [-0.1, -0.05) is 45.0 Å². The highest BCUT2D eigenvalue weighted by molar-refractivity contribution is 5.96. The summed E-state index contributed by atoms with van der Waals surface area (Å²) in [6.45, 7) is 8.92. The van der Waals surface area contributed by atoms with Crippen LogP contribution in [-0.4, -0.2) is 52.7 Å². The second-order valence-electron chi connectivity index (χ2n) is 8.43. The molecule has 0 radical (unpaired) electrons. The van der Waals surface area contributed by atoms with Crippen LogP contribution in [0.4, 0.5) is 0 Å². The van der Waals surface area contributed by atoms with E-state index in [1.54, 1.807) is 0 Å². The van der Waals surface area contributed by atoms with Crippen LogP contribution >= 0.6 is 0 Å². The van der Waals surface area contributed by atoms with E-state index < -0.39 is 5.60 Å². The molecule has 25 heavy (non-hydrogen) atoms. The van der Waals surface area contributed by atoms with Crippen molar-refractivity contribution in [2.75, 3.05) is 26.2 Å². The maximum Gasteiger partial charge on any atom is 0.162 e. The van der Waals surface area contributed by atoms with Crippen molar-refractivity contribution in [2.24, 2.45) is 0 Å². The minimum absolute atomic E-state index is 0.102. The Morgan fingerprint density at radius 1 is 1.16 bits per heavy atom. The normalized spacial score (nSPS) is 22.6. The number of likely N-dealkylation sites (tertiary alicyclic amines) is 1. The van der Waals surface area contributed by atoms with Gasteiger partial charge in [0.1, 0.15) is 0 Å². The van der Waals surface area contributed by atoms with Crippen molar-refractivity contribution in [1.82, 2.24) is 4.90 Å². The number of Topliss-reactive ketones (excluding diaryl/α,β-unsaturated/α-hetero) is 1. The van der Waals surface area contributed by atoms with E-state index in [1.165, 1.54) is 5.56 Å². The van der Waals surface area contributed by atoms with E-state index in [1.807, 2.05) is 12.1 Å². The number of aliphatic hydroxyl groups excluding tert-OH is 1. The maximum atomic E-state index is 12.4. The van der Waals surface area contributed by atoms with Crippen LogP contribution < -0.4 is 0 Å². The number of rotatable bonds is 6. The SMILES string of the molecule is CC(C)(C)c1ccc(C(=O)CCCN2CCCC(O)(CO)CC2)cc1. The van der Waals surface area contributed by atoms with Gasteiger partial charge in [-0.3, -0.25) is 4.79 Å². The molecule has 0 amide bonds. The van der Waals surface area contributed by atoms with Crippen molar-refractivity contribution in [3.8, 4) is 0 Å². The number of carbonyl (C=O) groups is 1. The lowest BCUT2D eigenvalue weighted by Gasteiger charge is -2.24. The van der Waals surface area contributed by atoms with Crippen LogP contribution in [0.15, 0.2) is 24.3 Å². The quantitative estimate of drug-likeness (QED) is 0.776. The number of nitrogens with zero attached hydrogens (tertiary/aromatic N) is 1. The molecule has 1 aromatic carbocycles. The number of hydrogen-bond acceptors (Lipinski definition) is 4. The monoisotopic (exact) mass is 347 g/mol. The van der Waals surface area contributed by atoms with Crippen LogP contribution in [0.25, 0.3) is 0 Å². The molecule has 2 N–H and O–H groups in total. The fourth-order valence-corrected chi connectivity index (χ4v) is 3.38. The Labute approximate surface area is 151 Å². The largest absolute Gasteiger partial charge is 0.393 e. The second-order valence-corrected chi connectivity index (χ2v) is 8.43. The molecule has 0 spiro atoms. The third-order valence-corrected chi connectivity index (χ3v) is 5.26. The first kappa shape index (κ1) is 20.1. The predicted molar refractivity (Wildman–Crippen MR) is 101 cm³/mol. The van der Waals surface area contributed by atoms with Crippen LogP contribution in [0.5, 0.6) is 0 Å². The minimum Gasteiger partial charge on any atom is -0.393 e. The molecule has 0 aromatic heterocycles. The van der Waals surface area contributed by atoms with Gasteiger partial charge in [-0.15, -0.1) is 0 Å². The van der Waals surface area contributed by atoms with E-state index >= 15 is 0 Å². The molecule has 4 nitrogen and oxygen atoms in total. The van der Waals surface area contributed by atoms with Crippen LogP contribution in [0.2, 0.25) is 0 Å². The number of ketones is 1. The van der Waals surface area contributed by atoms with Gasteiger partial charge in [0.15, 0.2) is 5.78 Å². The van der Waals surface area contributed by atoms with E-state index in [4.69, 9.17) is 0 Å². The summed E-state index contributed by atoms with van der Waals surface area (Å²) < 4.78 is 0. The molecule has 1 fully saturated rings. The molecule has 1 aromatic rings. The Balaban J connectivity index is 1.79. The Hall–Kier alpha value is -1.23. The van der Waals surface area contributed by atoms with Crippen molar-refractivity contribution in [3.63, 3.8) is 0 Å². The average molecular weight is 347 g/mol. The van der Waals surface area contributed by atoms with E-state index in [-0.39, 0.29) is 17.8 Å². The summed E-state index contributed by atoms with van der Waals surface area (Å²) in [6.07, 6.45) is 3.52. The molecule has 0 bridgehead atoms. The lowest BCUT2D eigenvalue weighted by atomic mass is 9.86. The highest BCUT2D eigenvalue weighted by Crippen LogP contribution is 2.23.